The van der Waals surface area contributed by atoms with Gasteiger partial charge in [0.2, 0.25) is 0 Å². The van der Waals surface area contributed by atoms with E-state index >= 15 is 0 Å². The predicted molar refractivity (Wildman–Crippen MR) is 83.0 cm³/mol. The van der Waals surface area contributed by atoms with E-state index in [1.54, 1.807) is 0 Å². The Morgan fingerprint density at radius 3 is 2.43 bits per heavy atom. The van der Waals surface area contributed by atoms with E-state index in [1.807, 2.05) is 4.72 Å². The molecular weight excluding hydrogens is 423 g/mol. The number of benzene rings is 2. The Bertz CT molecular complexity index is 833. The van der Waals surface area contributed by atoms with Gasteiger partial charge in [-0.25, -0.2) is 12.8 Å². The maximum Gasteiger partial charge on any atom is 0.387 e. The lowest BCUT2D eigenvalue weighted by atomic mass is 10.3. The van der Waals surface area contributed by atoms with Crippen molar-refractivity contribution >= 4 is 43.2 Å². The van der Waals surface area contributed by atoms with E-state index in [4.69, 9.17) is 11.6 Å². The zero-order valence-corrected chi connectivity index (χ0v) is 14.2. The molecule has 124 valence electrons. The number of halogens is 5. The molecule has 2 rings (SSSR count). The molecule has 0 fully saturated rings. The number of nitrogens with one attached hydrogen (secondary N) is 1. The van der Waals surface area contributed by atoms with Gasteiger partial charge in [0.05, 0.1) is 15.6 Å². The maximum absolute atomic E-state index is 13.7. The van der Waals surface area contributed by atoms with Gasteiger partial charge in [0.15, 0.2) is 0 Å². The molecule has 0 atom stereocenters. The van der Waals surface area contributed by atoms with Crippen LogP contribution in [0.15, 0.2) is 45.8 Å². The van der Waals surface area contributed by atoms with Gasteiger partial charge < -0.3 is 4.74 Å². The van der Waals surface area contributed by atoms with Gasteiger partial charge in [-0.2, -0.15) is 8.78 Å². The fraction of sp³-hybridized carbons (Fsp3) is 0.0769. The van der Waals surface area contributed by atoms with Crippen LogP contribution in [0.2, 0.25) is 5.02 Å². The summed E-state index contributed by atoms with van der Waals surface area (Å²) in [6, 6.07) is 6.70. The highest BCUT2D eigenvalue weighted by atomic mass is 79.9. The standard InChI is InChI=1S/C13H8BrClF3NO3S/c14-7-1-3-11(10(16)5-7)19-23(20,21)8-2-4-12(9(15)6-8)22-13(17)18/h1-6,13,19H. The average Bonchev–Trinajstić information content (AvgIpc) is 2.43. The molecule has 0 saturated heterocycles. The van der Waals surface area contributed by atoms with Crippen LogP contribution in [0.5, 0.6) is 5.75 Å². The second-order valence-electron chi connectivity index (χ2n) is 4.20. The lowest BCUT2D eigenvalue weighted by Crippen LogP contribution is -2.14. The molecule has 10 heteroatoms. The first kappa shape index (κ1) is 17.9. The summed E-state index contributed by atoms with van der Waals surface area (Å²) in [4.78, 5) is -0.327. The number of anilines is 1. The zero-order chi connectivity index (χ0) is 17.2. The lowest BCUT2D eigenvalue weighted by molar-refractivity contribution is -0.0498. The van der Waals surface area contributed by atoms with Crippen molar-refractivity contribution in [1.29, 1.82) is 0 Å². The van der Waals surface area contributed by atoms with Gasteiger partial charge in [-0.05, 0) is 36.4 Å². The lowest BCUT2D eigenvalue weighted by Gasteiger charge is -2.11. The minimum absolute atomic E-state index is 0.266. The van der Waals surface area contributed by atoms with E-state index < -0.39 is 22.5 Å². The summed E-state index contributed by atoms with van der Waals surface area (Å²) >= 11 is 8.75. The van der Waals surface area contributed by atoms with Crippen LogP contribution in [-0.4, -0.2) is 15.0 Å². The van der Waals surface area contributed by atoms with Gasteiger partial charge in [0, 0.05) is 4.47 Å². The Hall–Kier alpha value is -1.45. The zero-order valence-electron chi connectivity index (χ0n) is 11.1. The van der Waals surface area contributed by atoms with Crippen molar-refractivity contribution in [2.24, 2.45) is 0 Å². The van der Waals surface area contributed by atoms with E-state index in [-0.39, 0.29) is 21.4 Å². The van der Waals surface area contributed by atoms with E-state index in [1.165, 1.54) is 12.1 Å². The van der Waals surface area contributed by atoms with Crippen molar-refractivity contribution in [2.75, 3.05) is 4.72 Å². The highest BCUT2D eigenvalue weighted by molar-refractivity contribution is 9.10. The first-order chi connectivity index (χ1) is 10.7. The Kier molecular flexibility index (Phi) is 5.43. The third-order valence-corrected chi connectivity index (χ3v) is 4.76. The van der Waals surface area contributed by atoms with Crippen molar-refractivity contribution in [1.82, 2.24) is 0 Å². The van der Waals surface area contributed by atoms with Crippen LogP contribution < -0.4 is 9.46 Å². The van der Waals surface area contributed by atoms with Crippen LogP contribution >= 0.6 is 27.5 Å². The van der Waals surface area contributed by atoms with E-state index in [9.17, 15) is 21.6 Å². The second-order valence-corrected chi connectivity index (χ2v) is 7.21. The Labute approximate surface area is 143 Å². The molecule has 4 nitrogen and oxygen atoms in total. The average molecular weight is 431 g/mol. The van der Waals surface area contributed by atoms with Crippen LogP contribution in [0, 0.1) is 5.82 Å². The summed E-state index contributed by atoms with van der Waals surface area (Å²) in [5.74, 6) is -1.15. The second kappa shape index (κ2) is 6.98. The van der Waals surface area contributed by atoms with Crippen LogP contribution in [0.1, 0.15) is 0 Å². The van der Waals surface area contributed by atoms with Crippen molar-refractivity contribution in [3.63, 3.8) is 0 Å². The number of hydrogen-bond donors (Lipinski definition) is 1. The molecule has 0 aliphatic carbocycles. The number of sulfonamides is 1. The number of alkyl halides is 2. The molecule has 0 aliphatic rings. The Morgan fingerprint density at radius 2 is 1.87 bits per heavy atom. The smallest absolute Gasteiger partial charge is 0.387 e. The van der Waals surface area contributed by atoms with E-state index in [2.05, 4.69) is 20.7 Å². The third kappa shape index (κ3) is 4.52. The van der Waals surface area contributed by atoms with Crippen LogP contribution in [0.3, 0.4) is 0 Å². The predicted octanol–water partition coefficient (Wildman–Crippen LogP) is 4.64. The number of ether oxygens (including phenoxy) is 1. The number of hydrogen-bond acceptors (Lipinski definition) is 3. The highest BCUT2D eigenvalue weighted by Gasteiger charge is 2.19. The van der Waals surface area contributed by atoms with Crippen LogP contribution in [0.25, 0.3) is 0 Å². The molecule has 0 heterocycles. The molecule has 23 heavy (non-hydrogen) atoms. The van der Waals surface area contributed by atoms with Gasteiger partial charge in [0.1, 0.15) is 11.6 Å². The van der Waals surface area contributed by atoms with E-state index in [0.717, 1.165) is 24.3 Å². The largest absolute Gasteiger partial charge is 0.433 e. The van der Waals surface area contributed by atoms with Crippen LogP contribution in [-0.2, 0) is 10.0 Å². The molecule has 2 aromatic carbocycles. The molecule has 0 amide bonds. The fourth-order valence-corrected chi connectivity index (χ4v) is 3.33. The SMILES string of the molecule is O=S(=O)(Nc1ccc(Br)cc1F)c1ccc(OC(F)F)c(Cl)c1. The normalized spacial score (nSPS) is 11.6. The molecular formula is C13H8BrClF3NO3S. The molecule has 2 aromatic rings. The minimum Gasteiger partial charge on any atom is -0.433 e. The quantitative estimate of drug-likeness (QED) is 0.752. The van der Waals surface area contributed by atoms with Gasteiger partial charge >= 0.3 is 6.61 Å². The Balaban J connectivity index is 2.31. The van der Waals surface area contributed by atoms with Crippen LogP contribution in [0.4, 0.5) is 18.9 Å². The summed E-state index contributed by atoms with van der Waals surface area (Å²) < 4.78 is 69.0. The van der Waals surface area contributed by atoms with Gasteiger partial charge in [-0.3, -0.25) is 4.72 Å². The van der Waals surface area contributed by atoms with Crippen molar-refractivity contribution in [3.8, 4) is 5.75 Å². The number of rotatable bonds is 5. The maximum atomic E-state index is 13.7. The Morgan fingerprint density at radius 1 is 1.17 bits per heavy atom. The molecule has 0 spiro atoms. The summed E-state index contributed by atoms with van der Waals surface area (Å²) in [5, 5.41) is -0.315. The van der Waals surface area contributed by atoms with Gasteiger partial charge in [0.25, 0.3) is 10.0 Å². The van der Waals surface area contributed by atoms with Gasteiger partial charge in [-0.15, -0.1) is 0 Å². The summed E-state index contributed by atoms with van der Waals surface area (Å²) in [6.07, 6.45) is 0. The highest BCUT2D eigenvalue weighted by Crippen LogP contribution is 2.30. The first-order valence-corrected chi connectivity index (χ1v) is 8.56. The first-order valence-electron chi connectivity index (χ1n) is 5.91. The topological polar surface area (TPSA) is 55.4 Å². The van der Waals surface area contributed by atoms with Crippen molar-refractivity contribution < 1.29 is 26.3 Å². The summed E-state index contributed by atoms with van der Waals surface area (Å²) in [6.45, 7) is -3.09. The molecule has 0 saturated carbocycles. The molecule has 0 bridgehead atoms. The third-order valence-electron chi connectivity index (χ3n) is 2.61. The summed E-state index contributed by atoms with van der Waals surface area (Å²) in [7, 11) is -4.15. The summed E-state index contributed by atoms with van der Waals surface area (Å²) in [5.41, 5.74) is -0.266. The monoisotopic (exact) mass is 429 g/mol. The minimum atomic E-state index is -4.15. The molecule has 0 aliphatic heterocycles. The van der Waals surface area contributed by atoms with Crippen molar-refractivity contribution in [2.45, 2.75) is 11.5 Å². The molecule has 0 unspecified atom stereocenters. The fourth-order valence-electron chi connectivity index (χ4n) is 1.62. The van der Waals surface area contributed by atoms with Gasteiger partial charge in [-0.1, -0.05) is 27.5 Å². The molecule has 0 aromatic heterocycles. The molecule has 0 radical (unpaired) electrons. The molecule has 1 N–H and O–H groups in total. The van der Waals surface area contributed by atoms with E-state index in [0.29, 0.717) is 4.47 Å². The van der Waals surface area contributed by atoms with Crippen molar-refractivity contribution in [3.05, 3.63) is 51.7 Å².